The number of rotatable bonds is 6. The highest BCUT2D eigenvalue weighted by molar-refractivity contribution is 7.97. The van der Waals surface area contributed by atoms with Crippen molar-refractivity contribution in [2.75, 3.05) is 13.4 Å². The molecule has 0 atom stereocenters. The number of esters is 1. The summed E-state index contributed by atoms with van der Waals surface area (Å²) in [4.78, 5) is 22.3. The van der Waals surface area contributed by atoms with Crippen LogP contribution in [0.25, 0.3) is 0 Å². The van der Waals surface area contributed by atoms with Gasteiger partial charge in [0.2, 0.25) is 0 Å². The number of ether oxygens (including phenoxy) is 2. The quantitative estimate of drug-likeness (QED) is 0.451. The van der Waals surface area contributed by atoms with Crippen LogP contribution in [0.2, 0.25) is 0 Å². The molecule has 18 heavy (non-hydrogen) atoms. The van der Waals surface area contributed by atoms with Crippen molar-refractivity contribution in [2.45, 2.75) is 19.1 Å². The van der Waals surface area contributed by atoms with Gasteiger partial charge in [0.15, 0.2) is 11.5 Å². The Bertz CT molecular complexity index is 443. The third kappa shape index (κ3) is 3.50. The van der Waals surface area contributed by atoms with Gasteiger partial charge in [-0.05, 0) is 18.4 Å². The molecule has 1 aromatic rings. The van der Waals surface area contributed by atoms with Gasteiger partial charge in [0, 0.05) is 23.3 Å². The highest BCUT2D eigenvalue weighted by Gasteiger charge is 2.15. The first-order valence-corrected chi connectivity index (χ1v) is 6.91. The molecule has 98 valence electrons. The predicted octanol–water partition coefficient (Wildman–Crippen LogP) is 2.69. The van der Waals surface area contributed by atoms with Gasteiger partial charge in [-0.3, -0.25) is 9.59 Å². The van der Waals surface area contributed by atoms with E-state index in [0.29, 0.717) is 22.8 Å². The molecule has 0 unspecified atom stereocenters. The summed E-state index contributed by atoms with van der Waals surface area (Å²) in [6, 6.07) is 3.28. The van der Waals surface area contributed by atoms with Gasteiger partial charge in [-0.2, -0.15) is 11.8 Å². The Kier molecular flexibility index (Phi) is 5.71. The molecule has 0 N–H and O–H groups in total. The van der Waals surface area contributed by atoms with Crippen molar-refractivity contribution in [2.24, 2.45) is 0 Å². The van der Waals surface area contributed by atoms with Gasteiger partial charge in [0.1, 0.15) is 6.29 Å². The first-order valence-electron chi connectivity index (χ1n) is 5.51. The van der Waals surface area contributed by atoms with Crippen molar-refractivity contribution in [1.82, 2.24) is 0 Å². The molecule has 0 bridgehead atoms. The number of carbonyl (C=O) groups excluding carboxylic acids is 2. The monoisotopic (exact) mass is 268 g/mol. The van der Waals surface area contributed by atoms with Gasteiger partial charge in [-0.25, -0.2) is 0 Å². The summed E-state index contributed by atoms with van der Waals surface area (Å²) < 4.78 is 10.5. The molecule has 0 aliphatic carbocycles. The van der Waals surface area contributed by atoms with Crippen LogP contribution in [0.15, 0.2) is 12.1 Å². The van der Waals surface area contributed by atoms with Crippen molar-refractivity contribution in [3.05, 3.63) is 23.3 Å². The Morgan fingerprint density at radius 3 is 2.67 bits per heavy atom. The number of aldehydes is 1. The molecular formula is C13H16O4S. The first kappa shape index (κ1) is 14.6. The molecule has 4 nitrogen and oxygen atoms in total. The smallest absolute Gasteiger partial charge is 0.311 e. The third-order valence-electron chi connectivity index (χ3n) is 2.31. The summed E-state index contributed by atoms with van der Waals surface area (Å²) in [6.07, 6.45) is 2.97. The normalized spacial score (nSPS) is 9.94. The average Bonchev–Trinajstić information content (AvgIpc) is 2.40. The summed E-state index contributed by atoms with van der Waals surface area (Å²) in [6.45, 7) is 1.73. The Hall–Kier alpha value is -1.49. The van der Waals surface area contributed by atoms with Crippen LogP contribution in [-0.4, -0.2) is 25.6 Å². The van der Waals surface area contributed by atoms with E-state index in [1.165, 1.54) is 7.11 Å². The summed E-state index contributed by atoms with van der Waals surface area (Å²) in [5.41, 5.74) is 1.29. The number of benzene rings is 1. The molecule has 0 aromatic heterocycles. The highest BCUT2D eigenvalue weighted by Crippen LogP contribution is 2.34. The number of methoxy groups -OCH3 is 1. The lowest BCUT2D eigenvalue weighted by molar-refractivity contribution is -0.134. The SMILES string of the molecule is CCC(=O)Oc1c(CSC)cc(C=O)cc1OC. The van der Waals surface area contributed by atoms with Crippen molar-refractivity contribution >= 4 is 24.0 Å². The molecule has 5 heteroatoms. The van der Waals surface area contributed by atoms with Crippen molar-refractivity contribution in [3.63, 3.8) is 0 Å². The van der Waals surface area contributed by atoms with Crippen molar-refractivity contribution in [1.29, 1.82) is 0 Å². The van der Waals surface area contributed by atoms with E-state index in [-0.39, 0.29) is 12.4 Å². The summed E-state index contributed by atoms with van der Waals surface area (Å²) in [5.74, 6) is 1.13. The van der Waals surface area contributed by atoms with E-state index in [1.54, 1.807) is 30.8 Å². The van der Waals surface area contributed by atoms with Crippen LogP contribution in [0.4, 0.5) is 0 Å². The number of hydrogen-bond acceptors (Lipinski definition) is 5. The number of hydrogen-bond donors (Lipinski definition) is 0. The first-order chi connectivity index (χ1) is 8.65. The van der Waals surface area contributed by atoms with Crippen molar-refractivity contribution < 1.29 is 19.1 Å². The van der Waals surface area contributed by atoms with Gasteiger partial charge in [0.05, 0.1) is 7.11 Å². The molecular weight excluding hydrogens is 252 g/mol. The standard InChI is InChI=1S/C13H16O4S/c1-4-12(15)17-13-10(8-18-3)5-9(7-14)6-11(13)16-2/h5-7H,4,8H2,1-3H3. The van der Waals surface area contributed by atoms with E-state index in [0.717, 1.165) is 11.8 Å². The molecule has 0 radical (unpaired) electrons. The van der Waals surface area contributed by atoms with Crippen LogP contribution in [0.5, 0.6) is 11.5 Å². The molecule has 0 amide bonds. The predicted molar refractivity (Wildman–Crippen MR) is 71.5 cm³/mol. The molecule has 1 aromatic carbocycles. The van der Waals surface area contributed by atoms with Gasteiger partial charge in [0.25, 0.3) is 0 Å². The second-order valence-corrected chi connectivity index (χ2v) is 4.46. The lowest BCUT2D eigenvalue weighted by Gasteiger charge is -2.14. The van der Waals surface area contributed by atoms with Gasteiger partial charge in [-0.1, -0.05) is 6.92 Å². The van der Waals surface area contributed by atoms with Crippen molar-refractivity contribution in [3.8, 4) is 11.5 Å². The van der Waals surface area contributed by atoms with Crippen LogP contribution in [-0.2, 0) is 10.5 Å². The Balaban J connectivity index is 3.24. The lowest BCUT2D eigenvalue weighted by Crippen LogP contribution is -2.09. The summed E-state index contributed by atoms with van der Waals surface area (Å²) >= 11 is 1.58. The zero-order valence-electron chi connectivity index (χ0n) is 10.7. The van der Waals surface area contributed by atoms with Crippen LogP contribution in [0.1, 0.15) is 29.3 Å². The second kappa shape index (κ2) is 7.06. The average molecular weight is 268 g/mol. The van der Waals surface area contributed by atoms with Crippen LogP contribution < -0.4 is 9.47 Å². The van der Waals surface area contributed by atoms with Crippen LogP contribution in [0, 0.1) is 0 Å². The minimum absolute atomic E-state index is 0.289. The zero-order chi connectivity index (χ0) is 13.5. The minimum atomic E-state index is -0.325. The fourth-order valence-electron chi connectivity index (χ4n) is 1.47. The van der Waals surface area contributed by atoms with E-state index in [4.69, 9.17) is 9.47 Å². The van der Waals surface area contributed by atoms with Gasteiger partial charge in [-0.15, -0.1) is 0 Å². The van der Waals surface area contributed by atoms with Crippen LogP contribution >= 0.6 is 11.8 Å². The maximum absolute atomic E-state index is 11.4. The molecule has 0 saturated heterocycles. The largest absolute Gasteiger partial charge is 0.493 e. The van der Waals surface area contributed by atoms with Crippen LogP contribution in [0.3, 0.4) is 0 Å². The molecule has 0 aliphatic heterocycles. The van der Waals surface area contributed by atoms with E-state index in [1.807, 2.05) is 6.26 Å². The topological polar surface area (TPSA) is 52.6 Å². The zero-order valence-corrected chi connectivity index (χ0v) is 11.5. The van der Waals surface area contributed by atoms with Gasteiger partial charge < -0.3 is 9.47 Å². The lowest BCUT2D eigenvalue weighted by atomic mass is 10.1. The fraction of sp³-hybridized carbons (Fsp3) is 0.385. The summed E-state index contributed by atoms with van der Waals surface area (Å²) in [5, 5.41) is 0. The summed E-state index contributed by atoms with van der Waals surface area (Å²) in [7, 11) is 1.48. The fourth-order valence-corrected chi connectivity index (χ4v) is 1.99. The Labute approximate surface area is 111 Å². The minimum Gasteiger partial charge on any atom is -0.493 e. The Morgan fingerprint density at radius 1 is 1.44 bits per heavy atom. The van der Waals surface area contributed by atoms with E-state index < -0.39 is 0 Å². The molecule has 0 fully saturated rings. The highest BCUT2D eigenvalue weighted by atomic mass is 32.2. The second-order valence-electron chi connectivity index (χ2n) is 3.59. The van der Waals surface area contributed by atoms with E-state index in [9.17, 15) is 9.59 Å². The Morgan fingerprint density at radius 2 is 2.17 bits per heavy atom. The molecule has 0 saturated carbocycles. The molecule has 0 aliphatic rings. The molecule has 0 heterocycles. The number of carbonyl (C=O) groups is 2. The maximum atomic E-state index is 11.4. The van der Waals surface area contributed by atoms with E-state index >= 15 is 0 Å². The molecule has 0 spiro atoms. The van der Waals surface area contributed by atoms with Gasteiger partial charge >= 0.3 is 5.97 Å². The maximum Gasteiger partial charge on any atom is 0.311 e. The molecule has 1 rings (SSSR count). The van der Waals surface area contributed by atoms with E-state index in [2.05, 4.69) is 0 Å². The number of thioether (sulfide) groups is 1. The third-order valence-corrected chi connectivity index (χ3v) is 2.91.